The van der Waals surface area contributed by atoms with Gasteiger partial charge in [-0.25, -0.2) is 9.78 Å². The van der Waals surface area contributed by atoms with Crippen molar-refractivity contribution in [3.05, 3.63) is 77.1 Å². The minimum atomic E-state index is -1.24. The Labute approximate surface area is 220 Å². The van der Waals surface area contributed by atoms with E-state index in [4.69, 9.17) is 14.2 Å². The first-order chi connectivity index (χ1) is 18.4. The van der Waals surface area contributed by atoms with Crippen LogP contribution in [0.2, 0.25) is 0 Å². The number of imidazole rings is 1. The van der Waals surface area contributed by atoms with Gasteiger partial charge in [0.1, 0.15) is 11.0 Å². The van der Waals surface area contributed by atoms with Crippen LogP contribution in [0.3, 0.4) is 0 Å². The number of allylic oxidation sites excluding steroid dienone is 1. The molecule has 5 rings (SSSR count). The number of aliphatic carboxylic acids is 1. The molecule has 3 aromatic carbocycles. The summed E-state index contributed by atoms with van der Waals surface area (Å²) in [7, 11) is 4.36. The van der Waals surface area contributed by atoms with E-state index < -0.39 is 11.8 Å². The number of carboxylic acid groups (broad SMARTS) is 1. The fourth-order valence-corrected chi connectivity index (χ4v) is 4.85. The van der Waals surface area contributed by atoms with Crippen LogP contribution in [0.4, 0.5) is 0 Å². The van der Waals surface area contributed by atoms with Crippen molar-refractivity contribution in [2.45, 2.75) is 6.42 Å². The van der Waals surface area contributed by atoms with E-state index in [1.54, 1.807) is 24.5 Å². The zero-order valence-corrected chi connectivity index (χ0v) is 21.5. The third-order valence-electron chi connectivity index (χ3n) is 6.12. The van der Waals surface area contributed by atoms with Crippen LogP contribution in [0, 0.1) is 0 Å². The van der Waals surface area contributed by atoms with Gasteiger partial charge in [-0.2, -0.15) is 8.75 Å². The summed E-state index contributed by atoms with van der Waals surface area (Å²) in [6.45, 7) is 0. The average Bonchev–Trinajstić information content (AvgIpc) is 3.60. The first-order valence-corrected chi connectivity index (χ1v) is 12.1. The number of aromatic amines is 1. The average molecular weight is 531 g/mol. The van der Waals surface area contributed by atoms with E-state index in [2.05, 4.69) is 18.7 Å². The monoisotopic (exact) mass is 530 g/mol. The van der Waals surface area contributed by atoms with Gasteiger partial charge < -0.3 is 24.3 Å². The summed E-state index contributed by atoms with van der Waals surface area (Å²) < 4.78 is 24.7. The molecule has 0 spiro atoms. The van der Waals surface area contributed by atoms with Crippen LogP contribution >= 0.6 is 11.7 Å². The van der Waals surface area contributed by atoms with Crippen molar-refractivity contribution in [1.29, 1.82) is 0 Å². The molecule has 11 heteroatoms. The summed E-state index contributed by atoms with van der Waals surface area (Å²) in [5.41, 5.74) is 3.92. The Balaban J connectivity index is 1.72. The lowest BCUT2D eigenvalue weighted by Gasteiger charge is -2.16. The molecule has 0 aliphatic heterocycles. The summed E-state index contributed by atoms with van der Waals surface area (Å²) in [6, 6.07) is 13.4. The maximum absolute atomic E-state index is 14.1. The maximum Gasteiger partial charge on any atom is 0.336 e. The van der Waals surface area contributed by atoms with Crippen molar-refractivity contribution < 1.29 is 28.9 Å². The number of aromatic nitrogens is 4. The molecule has 0 unspecified atom stereocenters. The Bertz CT molecular complexity index is 1700. The fourth-order valence-electron chi connectivity index (χ4n) is 4.33. The molecule has 2 N–H and O–H groups in total. The van der Waals surface area contributed by atoms with Gasteiger partial charge in [-0.1, -0.05) is 12.1 Å². The highest BCUT2D eigenvalue weighted by Gasteiger charge is 2.26. The van der Waals surface area contributed by atoms with Crippen LogP contribution in [0.25, 0.3) is 27.6 Å². The Morgan fingerprint density at radius 1 is 0.868 bits per heavy atom. The molecule has 0 amide bonds. The molecule has 0 atom stereocenters. The highest BCUT2D eigenvalue weighted by molar-refractivity contribution is 7.00. The molecule has 0 fully saturated rings. The number of nitrogens with zero attached hydrogens (tertiary/aromatic N) is 3. The van der Waals surface area contributed by atoms with E-state index in [1.807, 2.05) is 18.2 Å². The molecule has 0 aliphatic rings. The number of benzene rings is 3. The van der Waals surface area contributed by atoms with E-state index in [9.17, 15) is 14.7 Å². The molecule has 10 nitrogen and oxygen atoms in total. The third-order valence-corrected chi connectivity index (χ3v) is 6.68. The second-order valence-corrected chi connectivity index (χ2v) is 8.83. The molecule has 2 aromatic heterocycles. The largest absolute Gasteiger partial charge is 0.493 e. The molecule has 0 radical (unpaired) electrons. The van der Waals surface area contributed by atoms with E-state index in [0.29, 0.717) is 22.3 Å². The summed E-state index contributed by atoms with van der Waals surface area (Å²) in [4.78, 5) is 34.1. The number of ketones is 1. The van der Waals surface area contributed by atoms with Crippen molar-refractivity contribution in [1.82, 2.24) is 18.7 Å². The van der Waals surface area contributed by atoms with Gasteiger partial charge in [0.25, 0.3) is 0 Å². The van der Waals surface area contributed by atoms with Crippen LogP contribution in [0.5, 0.6) is 17.2 Å². The smallest absolute Gasteiger partial charge is 0.336 e. The molecule has 0 saturated heterocycles. The summed E-state index contributed by atoms with van der Waals surface area (Å²) in [6.07, 6.45) is 1.62. The standard InChI is InChI=1S/C27H22N4O6S/c1-35-22-11-16(12-23(36-2)26(22)37-3)25(32)17(8-14-4-6-18-20(9-14)29-13-28-18)24(27(33)34)15-5-7-19-21(10-15)31-38-30-19/h4-7,9-13H,8H2,1-3H3,(H,28,29)(H,33,34). The number of nitrogens with one attached hydrogen (secondary N) is 1. The van der Waals surface area contributed by atoms with Crippen LogP contribution < -0.4 is 14.2 Å². The predicted molar refractivity (Wildman–Crippen MR) is 142 cm³/mol. The fraction of sp³-hybridized carbons (Fsp3) is 0.148. The number of Topliss-reactive ketones (excluding diaryl/α,β-unsaturated/α-hetero) is 1. The number of hydrogen-bond acceptors (Lipinski definition) is 9. The number of carbonyl (C=O) groups is 2. The van der Waals surface area contributed by atoms with Gasteiger partial charge in [0, 0.05) is 17.6 Å². The molecule has 0 bridgehead atoms. The number of hydrogen-bond donors (Lipinski definition) is 2. The minimum absolute atomic E-state index is 0.0411. The number of H-pyrrole nitrogens is 1. The number of fused-ring (bicyclic) bond motifs is 2. The van der Waals surface area contributed by atoms with Gasteiger partial charge in [0.2, 0.25) is 5.75 Å². The lowest BCUT2D eigenvalue weighted by Crippen LogP contribution is -2.14. The molecule has 2 heterocycles. The zero-order valence-electron chi connectivity index (χ0n) is 20.6. The van der Waals surface area contributed by atoms with Gasteiger partial charge in [-0.15, -0.1) is 0 Å². The summed E-state index contributed by atoms with van der Waals surface area (Å²) in [5, 5.41) is 10.4. The van der Waals surface area contributed by atoms with Crippen molar-refractivity contribution >= 4 is 51.1 Å². The number of methoxy groups -OCH3 is 3. The normalized spacial score (nSPS) is 11.9. The van der Waals surface area contributed by atoms with Crippen LogP contribution in [0.1, 0.15) is 21.5 Å². The highest BCUT2D eigenvalue weighted by atomic mass is 32.1. The molecule has 0 aliphatic carbocycles. The van der Waals surface area contributed by atoms with Gasteiger partial charge in [-0.3, -0.25) is 4.79 Å². The van der Waals surface area contributed by atoms with Crippen LogP contribution in [-0.2, 0) is 11.2 Å². The lowest BCUT2D eigenvalue weighted by atomic mass is 9.89. The minimum Gasteiger partial charge on any atom is -0.493 e. The SMILES string of the molecule is COc1cc(C(=O)C(Cc2ccc3nc[nH]c3c2)=C(C(=O)O)c2ccc3nsnc3c2)cc(OC)c1OC. The lowest BCUT2D eigenvalue weighted by molar-refractivity contribution is -0.130. The predicted octanol–water partition coefficient (Wildman–Crippen LogP) is 4.56. The van der Waals surface area contributed by atoms with E-state index in [0.717, 1.165) is 28.3 Å². The Kier molecular flexibility index (Phi) is 6.75. The first-order valence-electron chi connectivity index (χ1n) is 11.4. The van der Waals surface area contributed by atoms with Gasteiger partial charge in [-0.05, 0) is 47.5 Å². The molecular weight excluding hydrogens is 508 g/mol. The first kappa shape index (κ1) is 24.9. The number of carbonyl (C=O) groups excluding carboxylic acids is 1. The van der Waals surface area contributed by atoms with E-state index in [-0.39, 0.29) is 34.6 Å². The van der Waals surface area contributed by atoms with Crippen molar-refractivity contribution in [3.8, 4) is 17.2 Å². The topological polar surface area (TPSA) is 137 Å². The Morgan fingerprint density at radius 2 is 1.58 bits per heavy atom. The van der Waals surface area contributed by atoms with E-state index >= 15 is 0 Å². The molecular formula is C27H22N4O6S. The van der Waals surface area contributed by atoms with Crippen molar-refractivity contribution in [2.24, 2.45) is 0 Å². The molecule has 0 saturated carbocycles. The zero-order chi connectivity index (χ0) is 26.8. The number of ether oxygens (including phenoxy) is 3. The highest BCUT2D eigenvalue weighted by Crippen LogP contribution is 2.39. The van der Waals surface area contributed by atoms with Gasteiger partial charge >= 0.3 is 5.97 Å². The number of carboxylic acids is 1. The van der Waals surface area contributed by atoms with Crippen LogP contribution in [0.15, 0.2) is 60.4 Å². The summed E-state index contributed by atoms with van der Waals surface area (Å²) in [5.74, 6) is -0.865. The van der Waals surface area contributed by atoms with Gasteiger partial charge in [0.15, 0.2) is 17.3 Å². The maximum atomic E-state index is 14.1. The van der Waals surface area contributed by atoms with Crippen LogP contribution in [-0.4, -0.2) is 56.9 Å². The molecule has 38 heavy (non-hydrogen) atoms. The molecule has 192 valence electrons. The Morgan fingerprint density at radius 3 is 2.26 bits per heavy atom. The van der Waals surface area contributed by atoms with Gasteiger partial charge in [0.05, 0.1) is 56.0 Å². The quantitative estimate of drug-likeness (QED) is 0.208. The van der Waals surface area contributed by atoms with E-state index in [1.165, 1.54) is 33.5 Å². The number of rotatable bonds is 9. The van der Waals surface area contributed by atoms with Crippen molar-refractivity contribution in [2.75, 3.05) is 21.3 Å². The molecule has 5 aromatic rings. The summed E-state index contributed by atoms with van der Waals surface area (Å²) >= 11 is 1.03. The second-order valence-electron chi connectivity index (χ2n) is 8.30. The second kappa shape index (κ2) is 10.3. The third kappa shape index (κ3) is 4.55. The Hall–Kier alpha value is -4.77. The van der Waals surface area contributed by atoms with Crippen molar-refractivity contribution in [3.63, 3.8) is 0 Å².